The smallest absolute Gasteiger partial charge is 0.264 e. The number of hydrogen-bond donors (Lipinski definition) is 1. The van der Waals surface area contributed by atoms with Crippen molar-refractivity contribution in [1.29, 1.82) is 0 Å². The van der Waals surface area contributed by atoms with Crippen LogP contribution in [-0.2, 0) is 12.8 Å². The van der Waals surface area contributed by atoms with Crippen LogP contribution in [0.15, 0.2) is 24.3 Å². The lowest BCUT2D eigenvalue weighted by Gasteiger charge is -2.33. The lowest BCUT2D eigenvalue weighted by molar-refractivity contribution is 0.0719. The molecule has 1 atom stereocenters. The molecule has 0 radical (unpaired) electrons. The van der Waals surface area contributed by atoms with E-state index in [0.717, 1.165) is 60.8 Å². The molecule has 5 nitrogen and oxygen atoms in total. The first-order chi connectivity index (χ1) is 14.3. The first-order valence-electron chi connectivity index (χ1n) is 10.8. The van der Waals surface area contributed by atoms with Crippen LogP contribution < -0.4 is 14.8 Å². The number of hydrogen-bond acceptors (Lipinski definition) is 5. The molecule has 1 N–H and O–H groups in total. The second-order valence-electron chi connectivity index (χ2n) is 8.21. The predicted octanol–water partition coefficient (Wildman–Crippen LogP) is 4.50. The third kappa shape index (κ3) is 4.08. The lowest BCUT2D eigenvalue weighted by atomic mass is 10.0. The number of carbonyl (C=O) groups is 1. The molecule has 1 fully saturated rings. The Labute approximate surface area is 176 Å². The molecule has 2 aromatic rings. The fraction of sp³-hybridized carbons (Fsp3) is 0.522. The SMILES string of the molecule is O=C(c1cc2c(s1)CCCCC2)N1CCCC(Nc2ccc3c(c2)OCCO3)C1. The van der Waals surface area contributed by atoms with Crippen LogP contribution in [0.3, 0.4) is 0 Å². The summed E-state index contributed by atoms with van der Waals surface area (Å²) in [6, 6.07) is 8.43. The molecule has 6 heteroatoms. The first-order valence-corrected chi connectivity index (χ1v) is 11.6. The number of rotatable bonds is 3. The van der Waals surface area contributed by atoms with Crippen LogP contribution in [-0.4, -0.2) is 43.2 Å². The van der Waals surface area contributed by atoms with Crippen molar-refractivity contribution in [3.05, 3.63) is 39.6 Å². The Morgan fingerprint density at radius 3 is 2.83 bits per heavy atom. The Kier molecular flexibility index (Phi) is 5.36. The summed E-state index contributed by atoms with van der Waals surface area (Å²) < 4.78 is 11.3. The van der Waals surface area contributed by atoms with Crippen LogP contribution in [0.2, 0.25) is 0 Å². The van der Waals surface area contributed by atoms with E-state index in [-0.39, 0.29) is 11.9 Å². The number of benzene rings is 1. The van der Waals surface area contributed by atoms with Gasteiger partial charge in [-0.25, -0.2) is 0 Å². The minimum absolute atomic E-state index is 0.205. The summed E-state index contributed by atoms with van der Waals surface area (Å²) in [5.41, 5.74) is 2.44. The highest BCUT2D eigenvalue weighted by Crippen LogP contribution is 2.34. The average Bonchev–Trinajstić information content (AvgIpc) is 3.03. The Morgan fingerprint density at radius 2 is 1.90 bits per heavy atom. The molecule has 5 rings (SSSR count). The van der Waals surface area contributed by atoms with E-state index < -0.39 is 0 Å². The van der Waals surface area contributed by atoms with Gasteiger partial charge in [-0.1, -0.05) is 6.42 Å². The Morgan fingerprint density at radius 1 is 1.03 bits per heavy atom. The fourth-order valence-electron chi connectivity index (χ4n) is 4.58. The molecule has 3 heterocycles. The van der Waals surface area contributed by atoms with Crippen LogP contribution in [0, 0.1) is 0 Å². The van der Waals surface area contributed by atoms with Crippen molar-refractivity contribution in [2.45, 2.75) is 51.0 Å². The third-order valence-corrected chi connectivity index (χ3v) is 7.30. The zero-order chi connectivity index (χ0) is 19.6. The molecule has 0 bridgehead atoms. The number of piperidine rings is 1. The molecule has 1 aliphatic carbocycles. The number of amides is 1. The minimum atomic E-state index is 0.205. The quantitative estimate of drug-likeness (QED) is 0.754. The zero-order valence-corrected chi connectivity index (χ0v) is 17.6. The number of carbonyl (C=O) groups excluding carboxylic acids is 1. The lowest BCUT2D eigenvalue weighted by Crippen LogP contribution is -2.45. The Bertz CT molecular complexity index is 871. The van der Waals surface area contributed by atoms with Gasteiger partial charge >= 0.3 is 0 Å². The molecule has 1 amide bonds. The maximum absolute atomic E-state index is 13.2. The molecular formula is C23H28N2O3S. The summed E-state index contributed by atoms with van der Waals surface area (Å²) in [6.45, 7) is 2.79. The van der Waals surface area contributed by atoms with Crippen LogP contribution in [0.4, 0.5) is 5.69 Å². The van der Waals surface area contributed by atoms with Crippen molar-refractivity contribution in [2.24, 2.45) is 0 Å². The number of anilines is 1. The first kappa shape index (κ1) is 18.8. The van der Waals surface area contributed by atoms with E-state index in [1.807, 2.05) is 23.1 Å². The van der Waals surface area contributed by atoms with Gasteiger partial charge in [0.1, 0.15) is 13.2 Å². The van der Waals surface area contributed by atoms with Gasteiger partial charge in [0.05, 0.1) is 4.88 Å². The third-order valence-electron chi connectivity index (χ3n) is 6.08. The van der Waals surface area contributed by atoms with Gasteiger partial charge in [0, 0.05) is 35.8 Å². The molecule has 1 saturated heterocycles. The number of nitrogens with one attached hydrogen (secondary N) is 1. The van der Waals surface area contributed by atoms with Gasteiger partial charge in [0.15, 0.2) is 11.5 Å². The molecule has 1 aromatic heterocycles. The van der Waals surface area contributed by atoms with E-state index in [1.165, 1.54) is 29.7 Å². The van der Waals surface area contributed by atoms with E-state index in [1.54, 1.807) is 11.3 Å². The zero-order valence-electron chi connectivity index (χ0n) is 16.7. The van der Waals surface area contributed by atoms with Crippen molar-refractivity contribution in [1.82, 2.24) is 4.90 Å². The van der Waals surface area contributed by atoms with Crippen molar-refractivity contribution < 1.29 is 14.3 Å². The Balaban J connectivity index is 1.25. The maximum atomic E-state index is 13.2. The van der Waals surface area contributed by atoms with E-state index in [9.17, 15) is 4.79 Å². The minimum Gasteiger partial charge on any atom is -0.486 e. The second kappa shape index (κ2) is 8.27. The van der Waals surface area contributed by atoms with Gasteiger partial charge in [-0.15, -0.1) is 11.3 Å². The molecule has 29 heavy (non-hydrogen) atoms. The number of likely N-dealkylation sites (tertiary alicyclic amines) is 1. The van der Waals surface area contributed by atoms with E-state index >= 15 is 0 Å². The summed E-state index contributed by atoms with van der Waals surface area (Å²) >= 11 is 1.73. The van der Waals surface area contributed by atoms with E-state index in [4.69, 9.17) is 9.47 Å². The summed E-state index contributed by atoms with van der Waals surface area (Å²) in [5.74, 6) is 1.81. The van der Waals surface area contributed by atoms with Gasteiger partial charge < -0.3 is 19.7 Å². The van der Waals surface area contributed by atoms with E-state index in [2.05, 4.69) is 11.4 Å². The highest BCUT2D eigenvalue weighted by molar-refractivity contribution is 7.14. The maximum Gasteiger partial charge on any atom is 0.264 e. The standard InChI is InChI=1S/C23H28N2O3S/c26-23(22-13-16-5-2-1-3-7-21(16)29-22)25-10-4-6-18(15-25)24-17-8-9-19-20(14-17)28-12-11-27-19/h8-9,13-14,18,24H,1-7,10-12,15H2. The van der Waals surface area contributed by atoms with Crippen LogP contribution >= 0.6 is 11.3 Å². The van der Waals surface area contributed by atoms with Gasteiger partial charge in [0.25, 0.3) is 5.91 Å². The van der Waals surface area contributed by atoms with Crippen molar-refractivity contribution >= 4 is 22.9 Å². The molecule has 154 valence electrons. The number of nitrogens with zero attached hydrogens (tertiary/aromatic N) is 1. The van der Waals surface area contributed by atoms with Gasteiger partial charge in [0.2, 0.25) is 0 Å². The summed E-state index contributed by atoms with van der Waals surface area (Å²) in [5, 5.41) is 3.60. The van der Waals surface area contributed by atoms with Crippen molar-refractivity contribution in [3.8, 4) is 11.5 Å². The molecule has 0 spiro atoms. The number of fused-ring (bicyclic) bond motifs is 2. The van der Waals surface area contributed by atoms with Crippen LogP contribution in [0.1, 0.15) is 52.2 Å². The molecule has 1 unspecified atom stereocenters. The predicted molar refractivity (Wildman–Crippen MR) is 116 cm³/mol. The number of ether oxygens (including phenoxy) is 2. The average molecular weight is 413 g/mol. The summed E-state index contributed by atoms with van der Waals surface area (Å²) in [4.78, 5) is 17.6. The number of thiophene rings is 1. The molecular weight excluding hydrogens is 384 g/mol. The van der Waals surface area contributed by atoms with Gasteiger partial charge in [-0.2, -0.15) is 0 Å². The largest absolute Gasteiger partial charge is 0.486 e. The normalized spacial score (nSPS) is 21.2. The second-order valence-corrected chi connectivity index (χ2v) is 9.35. The summed E-state index contributed by atoms with van der Waals surface area (Å²) in [6.07, 6.45) is 8.19. The van der Waals surface area contributed by atoms with Crippen LogP contribution in [0.25, 0.3) is 0 Å². The Hall–Kier alpha value is -2.21. The highest BCUT2D eigenvalue weighted by Gasteiger charge is 2.27. The van der Waals surface area contributed by atoms with E-state index in [0.29, 0.717) is 13.2 Å². The van der Waals surface area contributed by atoms with Crippen molar-refractivity contribution in [2.75, 3.05) is 31.6 Å². The molecule has 0 saturated carbocycles. The summed E-state index contributed by atoms with van der Waals surface area (Å²) in [7, 11) is 0. The number of aryl methyl sites for hydroxylation is 2. The topological polar surface area (TPSA) is 50.8 Å². The van der Waals surface area contributed by atoms with Gasteiger partial charge in [-0.05, 0) is 62.3 Å². The van der Waals surface area contributed by atoms with Crippen molar-refractivity contribution in [3.63, 3.8) is 0 Å². The molecule has 3 aliphatic rings. The molecule has 2 aliphatic heterocycles. The van der Waals surface area contributed by atoms with Crippen LogP contribution in [0.5, 0.6) is 11.5 Å². The highest BCUT2D eigenvalue weighted by atomic mass is 32.1. The van der Waals surface area contributed by atoms with Gasteiger partial charge in [-0.3, -0.25) is 4.79 Å². The molecule has 1 aromatic carbocycles. The fourth-order valence-corrected chi connectivity index (χ4v) is 5.80. The monoisotopic (exact) mass is 412 g/mol.